The maximum Gasteiger partial charge on any atom is 0.241 e. The highest BCUT2D eigenvalue weighted by Gasteiger charge is 2.18. The van der Waals surface area contributed by atoms with Crippen molar-refractivity contribution < 1.29 is 4.79 Å². The highest BCUT2D eigenvalue weighted by molar-refractivity contribution is 6.30. The summed E-state index contributed by atoms with van der Waals surface area (Å²) in [5, 5.41) is 3.47. The second-order valence-electron chi connectivity index (χ2n) is 4.48. The Kier molecular flexibility index (Phi) is 4.01. The fourth-order valence-electron chi connectivity index (χ4n) is 2.00. The Balaban J connectivity index is 1.99. The maximum absolute atomic E-state index is 11.9. The molecule has 0 radical (unpaired) electrons. The second-order valence-corrected chi connectivity index (χ2v) is 4.83. The Bertz CT molecular complexity index is 458. The SMILES string of the molecule is Cc1nc(Cl)c(C)c(NCC(=O)N2CCCC2)n1. The van der Waals surface area contributed by atoms with Crippen LogP contribution in [0.2, 0.25) is 5.15 Å². The van der Waals surface area contributed by atoms with Crippen LogP contribution in [0.4, 0.5) is 5.82 Å². The molecular formula is C12H17ClN4O. The van der Waals surface area contributed by atoms with Crippen molar-refractivity contribution >= 4 is 23.3 Å². The first-order valence-corrected chi connectivity index (χ1v) is 6.48. The van der Waals surface area contributed by atoms with Crippen molar-refractivity contribution in [2.75, 3.05) is 25.0 Å². The topological polar surface area (TPSA) is 58.1 Å². The standard InChI is InChI=1S/C12H17ClN4O/c1-8-11(13)15-9(2)16-12(8)14-7-10(18)17-5-3-4-6-17/h3-7H2,1-2H3,(H,14,15,16). The number of hydrogen-bond acceptors (Lipinski definition) is 4. The molecule has 0 bridgehead atoms. The fraction of sp³-hybridized carbons (Fsp3) is 0.583. The Labute approximate surface area is 112 Å². The predicted octanol–water partition coefficient (Wildman–Crippen LogP) is 1.78. The minimum absolute atomic E-state index is 0.110. The molecule has 1 aliphatic heterocycles. The number of likely N-dealkylation sites (tertiary alicyclic amines) is 1. The number of nitrogens with one attached hydrogen (secondary N) is 1. The van der Waals surface area contributed by atoms with Crippen LogP contribution < -0.4 is 5.32 Å². The van der Waals surface area contributed by atoms with Gasteiger partial charge >= 0.3 is 0 Å². The van der Waals surface area contributed by atoms with Crippen LogP contribution in [0.5, 0.6) is 0 Å². The highest BCUT2D eigenvalue weighted by Crippen LogP contribution is 2.19. The normalized spacial score (nSPS) is 14.9. The smallest absolute Gasteiger partial charge is 0.241 e. The summed E-state index contributed by atoms with van der Waals surface area (Å²) in [6.45, 7) is 5.60. The molecule has 6 heteroatoms. The molecule has 0 saturated carbocycles. The van der Waals surface area contributed by atoms with Gasteiger partial charge in [-0.3, -0.25) is 4.79 Å². The van der Waals surface area contributed by atoms with Crippen LogP contribution in [0, 0.1) is 13.8 Å². The van der Waals surface area contributed by atoms with Gasteiger partial charge in [0.2, 0.25) is 5.91 Å². The van der Waals surface area contributed by atoms with Crippen molar-refractivity contribution in [1.82, 2.24) is 14.9 Å². The monoisotopic (exact) mass is 268 g/mol. The van der Waals surface area contributed by atoms with Crippen molar-refractivity contribution in [3.63, 3.8) is 0 Å². The summed E-state index contributed by atoms with van der Waals surface area (Å²) in [4.78, 5) is 22.1. The molecular weight excluding hydrogens is 252 g/mol. The molecule has 5 nitrogen and oxygen atoms in total. The quantitative estimate of drug-likeness (QED) is 0.849. The van der Waals surface area contributed by atoms with Gasteiger partial charge in [0.1, 0.15) is 16.8 Å². The lowest BCUT2D eigenvalue weighted by Crippen LogP contribution is -2.33. The zero-order valence-corrected chi connectivity index (χ0v) is 11.4. The Hall–Kier alpha value is -1.36. The van der Waals surface area contributed by atoms with Gasteiger partial charge < -0.3 is 10.2 Å². The van der Waals surface area contributed by atoms with Crippen LogP contribution in [-0.2, 0) is 4.79 Å². The van der Waals surface area contributed by atoms with Crippen LogP contribution in [0.25, 0.3) is 0 Å². The van der Waals surface area contributed by atoms with Gasteiger partial charge in [0.05, 0.1) is 6.54 Å². The van der Waals surface area contributed by atoms with Gasteiger partial charge in [0.25, 0.3) is 0 Å². The predicted molar refractivity (Wildman–Crippen MR) is 70.8 cm³/mol. The van der Waals surface area contributed by atoms with Gasteiger partial charge in [-0.15, -0.1) is 0 Å². The molecule has 1 aromatic heterocycles. The third-order valence-corrected chi connectivity index (χ3v) is 3.43. The average Bonchev–Trinajstić information content (AvgIpc) is 2.85. The van der Waals surface area contributed by atoms with Crippen molar-refractivity contribution in [3.05, 3.63) is 16.5 Å². The molecule has 0 atom stereocenters. The number of halogens is 1. The molecule has 18 heavy (non-hydrogen) atoms. The van der Waals surface area contributed by atoms with Gasteiger partial charge in [0, 0.05) is 18.7 Å². The minimum atomic E-state index is 0.110. The third kappa shape index (κ3) is 2.90. The molecule has 1 amide bonds. The van der Waals surface area contributed by atoms with Crippen LogP contribution in [0.3, 0.4) is 0 Å². The van der Waals surface area contributed by atoms with E-state index in [0.717, 1.165) is 31.5 Å². The Morgan fingerprint density at radius 1 is 1.33 bits per heavy atom. The van der Waals surface area contributed by atoms with Crippen molar-refractivity contribution in [2.24, 2.45) is 0 Å². The molecule has 1 fully saturated rings. The van der Waals surface area contributed by atoms with Crippen LogP contribution in [-0.4, -0.2) is 40.4 Å². The number of carbonyl (C=O) groups is 1. The third-order valence-electron chi connectivity index (χ3n) is 3.06. The van der Waals surface area contributed by atoms with E-state index in [4.69, 9.17) is 11.6 Å². The number of hydrogen-bond donors (Lipinski definition) is 1. The molecule has 0 aliphatic carbocycles. The van der Waals surface area contributed by atoms with Gasteiger partial charge in [-0.25, -0.2) is 9.97 Å². The second kappa shape index (κ2) is 5.52. The number of amides is 1. The van der Waals surface area contributed by atoms with Gasteiger partial charge in [0.15, 0.2) is 0 Å². The maximum atomic E-state index is 11.9. The summed E-state index contributed by atoms with van der Waals surface area (Å²) in [6.07, 6.45) is 2.20. The van der Waals surface area contributed by atoms with E-state index >= 15 is 0 Å². The lowest BCUT2D eigenvalue weighted by atomic mass is 10.3. The molecule has 1 N–H and O–H groups in total. The van der Waals surface area contributed by atoms with E-state index in [9.17, 15) is 4.79 Å². The highest BCUT2D eigenvalue weighted by atomic mass is 35.5. The first-order chi connectivity index (χ1) is 8.58. The zero-order valence-electron chi connectivity index (χ0n) is 10.7. The van der Waals surface area contributed by atoms with Crippen LogP contribution in [0.1, 0.15) is 24.2 Å². The van der Waals surface area contributed by atoms with Crippen molar-refractivity contribution in [2.45, 2.75) is 26.7 Å². The van der Waals surface area contributed by atoms with E-state index in [2.05, 4.69) is 15.3 Å². The Morgan fingerprint density at radius 3 is 2.67 bits per heavy atom. The first kappa shape index (κ1) is 13.1. The lowest BCUT2D eigenvalue weighted by Gasteiger charge is -2.16. The summed E-state index contributed by atoms with van der Waals surface area (Å²) >= 11 is 5.98. The summed E-state index contributed by atoms with van der Waals surface area (Å²) in [5.74, 6) is 1.35. The number of rotatable bonds is 3. The molecule has 1 aromatic rings. The van der Waals surface area contributed by atoms with Crippen LogP contribution >= 0.6 is 11.6 Å². The largest absolute Gasteiger partial charge is 0.361 e. The molecule has 0 aromatic carbocycles. The van der Waals surface area contributed by atoms with Crippen molar-refractivity contribution in [1.29, 1.82) is 0 Å². The van der Waals surface area contributed by atoms with Gasteiger partial charge in [-0.1, -0.05) is 11.6 Å². The summed E-state index contributed by atoms with van der Waals surface area (Å²) in [7, 11) is 0. The molecule has 2 heterocycles. The minimum Gasteiger partial charge on any atom is -0.361 e. The van der Waals surface area contributed by atoms with E-state index in [1.165, 1.54) is 0 Å². The number of carbonyl (C=O) groups excluding carboxylic acids is 1. The molecule has 2 rings (SSSR count). The average molecular weight is 269 g/mol. The number of nitrogens with zero attached hydrogens (tertiary/aromatic N) is 3. The lowest BCUT2D eigenvalue weighted by molar-refractivity contribution is -0.128. The summed E-state index contributed by atoms with van der Waals surface area (Å²) in [5.41, 5.74) is 0.775. The zero-order chi connectivity index (χ0) is 13.1. The van der Waals surface area contributed by atoms with E-state index < -0.39 is 0 Å². The molecule has 1 saturated heterocycles. The van der Waals surface area contributed by atoms with Gasteiger partial charge in [-0.05, 0) is 26.7 Å². The van der Waals surface area contributed by atoms with E-state index in [0.29, 0.717) is 16.8 Å². The Morgan fingerprint density at radius 2 is 2.00 bits per heavy atom. The molecule has 0 spiro atoms. The van der Waals surface area contributed by atoms with E-state index in [-0.39, 0.29) is 12.5 Å². The number of aryl methyl sites for hydroxylation is 1. The summed E-state index contributed by atoms with van der Waals surface area (Å²) in [6, 6.07) is 0. The first-order valence-electron chi connectivity index (χ1n) is 6.10. The number of aromatic nitrogens is 2. The van der Waals surface area contributed by atoms with Crippen LogP contribution in [0.15, 0.2) is 0 Å². The molecule has 98 valence electrons. The fourth-order valence-corrected chi connectivity index (χ4v) is 2.22. The van der Waals surface area contributed by atoms with E-state index in [1.54, 1.807) is 6.92 Å². The molecule has 1 aliphatic rings. The molecule has 0 unspecified atom stereocenters. The number of anilines is 1. The summed E-state index contributed by atoms with van der Waals surface area (Å²) < 4.78 is 0. The van der Waals surface area contributed by atoms with E-state index in [1.807, 2.05) is 11.8 Å². The van der Waals surface area contributed by atoms with Crippen molar-refractivity contribution in [3.8, 4) is 0 Å². The van der Waals surface area contributed by atoms with Gasteiger partial charge in [-0.2, -0.15) is 0 Å².